The third kappa shape index (κ3) is 5.20. The van der Waals surface area contributed by atoms with Crippen molar-refractivity contribution in [3.8, 4) is 11.5 Å². The van der Waals surface area contributed by atoms with Crippen LogP contribution < -0.4 is 19.1 Å². The Labute approximate surface area is 171 Å². The summed E-state index contributed by atoms with van der Waals surface area (Å²) in [6.45, 7) is 6.02. The largest absolute Gasteiger partial charge is 0.491 e. The Morgan fingerprint density at radius 3 is 2.55 bits per heavy atom. The normalized spacial score (nSPS) is 16.2. The predicted molar refractivity (Wildman–Crippen MR) is 112 cm³/mol. The third-order valence-corrected chi connectivity index (χ3v) is 5.59. The number of anilines is 1. The summed E-state index contributed by atoms with van der Waals surface area (Å²) in [6.07, 6.45) is 0.289. The van der Waals surface area contributed by atoms with Gasteiger partial charge in [-0.1, -0.05) is 18.2 Å². The fourth-order valence-electron chi connectivity index (χ4n) is 3.07. The fraction of sp³-hybridized carbons (Fsp3) is 0.381. The molecule has 1 aliphatic rings. The average molecular weight is 419 g/mol. The summed E-state index contributed by atoms with van der Waals surface area (Å²) >= 11 is 0. The summed E-state index contributed by atoms with van der Waals surface area (Å²) in [5, 5.41) is 2.82. The molecule has 0 aromatic heterocycles. The zero-order valence-corrected chi connectivity index (χ0v) is 17.8. The number of carbonyl (C=O) groups is 1. The van der Waals surface area contributed by atoms with Crippen LogP contribution in [0.4, 0.5) is 5.69 Å². The summed E-state index contributed by atoms with van der Waals surface area (Å²) in [6, 6.07) is 12.7. The van der Waals surface area contributed by atoms with Crippen molar-refractivity contribution in [1.82, 2.24) is 5.32 Å². The molecule has 1 atom stereocenters. The van der Waals surface area contributed by atoms with Crippen LogP contribution >= 0.6 is 0 Å². The van der Waals surface area contributed by atoms with E-state index in [1.54, 1.807) is 12.1 Å². The Kier molecular flexibility index (Phi) is 6.02. The van der Waals surface area contributed by atoms with Gasteiger partial charge < -0.3 is 14.8 Å². The van der Waals surface area contributed by atoms with Gasteiger partial charge >= 0.3 is 0 Å². The molecule has 0 saturated heterocycles. The van der Waals surface area contributed by atoms with Gasteiger partial charge in [0.15, 0.2) is 6.10 Å². The number of hydrogen-bond acceptors (Lipinski definition) is 5. The zero-order valence-electron chi connectivity index (χ0n) is 17.0. The van der Waals surface area contributed by atoms with Crippen molar-refractivity contribution in [2.75, 3.05) is 17.1 Å². The summed E-state index contributed by atoms with van der Waals surface area (Å²) in [4.78, 5) is 12.7. The molecule has 3 rings (SSSR count). The second kappa shape index (κ2) is 8.32. The van der Waals surface area contributed by atoms with E-state index in [9.17, 15) is 13.2 Å². The Balaban J connectivity index is 1.69. The molecule has 0 radical (unpaired) electrons. The minimum absolute atomic E-state index is 0.0672. The molecular weight excluding hydrogens is 392 g/mol. The highest BCUT2D eigenvalue weighted by atomic mass is 32.2. The van der Waals surface area contributed by atoms with Gasteiger partial charge in [-0.2, -0.15) is 0 Å². The quantitative estimate of drug-likeness (QED) is 0.780. The van der Waals surface area contributed by atoms with Gasteiger partial charge in [0.25, 0.3) is 5.91 Å². The van der Waals surface area contributed by atoms with E-state index in [0.29, 0.717) is 18.0 Å². The Morgan fingerprint density at radius 1 is 1.24 bits per heavy atom. The summed E-state index contributed by atoms with van der Waals surface area (Å²) in [5.74, 6) is 0.774. The van der Waals surface area contributed by atoms with Crippen molar-refractivity contribution < 1.29 is 22.7 Å². The van der Waals surface area contributed by atoms with Crippen LogP contribution in [0.15, 0.2) is 42.5 Å². The van der Waals surface area contributed by atoms with E-state index >= 15 is 0 Å². The van der Waals surface area contributed by atoms with Crippen LogP contribution in [0.25, 0.3) is 0 Å². The minimum Gasteiger partial charge on any atom is -0.491 e. The molecule has 0 saturated carbocycles. The molecule has 29 heavy (non-hydrogen) atoms. The number of sulfonamides is 1. The molecule has 2 aromatic carbocycles. The summed E-state index contributed by atoms with van der Waals surface area (Å²) in [5.41, 5.74) is 2.27. The maximum atomic E-state index is 12.7. The standard InChI is InChI=1S/C21H26N2O5S/c1-14(2)27-17-8-6-16(7-9-17)12-22-21(24)20-13-23(29(4,25)26)18-11-15(3)5-10-19(18)28-20/h5-11,14,20H,12-13H2,1-4H3,(H,22,24)/t20-/m1/s1. The molecule has 0 unspecified atom stereocenters. The fourth-order valence-corrected chi connectivity index (χ4v) is 3.98. The van der Waals surface area contributed by atoms with E-state index < -0.39 is 16.1 Å². The lowest BCUT2D eigenvalue weighted by molar-refractivity contribution is -0.127. The van der Waals surface area contributed by atoms with E-state index in [1.807, 2.05) is 51.1 Å². The molecule has 0 aliphatic carbocycles. The molecule has 7 nitrogen and oxygen atoms in total. The average Bonchev–Trinajstić information content (AvgIpc) is 2.65. The van der Waals surface area contributed by atoms with Gasteiger partial charge in [0.2, 0.25) is 10.0 Å². The van der Waals surface area contributed by atoms with E-state index in [4.69, 9.17) is 9.47 Å². The maximum Gasteiger partial charge on any atom is 0.263 e. The van der Waals surface area contributed by atoms with Gasteiger partial charge in [-0.05, 0) is 56.2 Å². The van der Waals surface area contributed by atoms with E-state index in [0.717, 1.165) is 23.1 Å². The van der Waals surface area contributed by atoms with Crippen molar-refractivity contribution in [2.45, 2.75) is 39.5 Å². The summed E-state index contributed by atoms with van der Waals surface area (Å²) in [7, 11) is -3.54. The molecule has 8 heteroatoms. The second-order valence-corrected chi connectivity index (χ2v) is 9.31. The van der Waals surface area contributed by atoms with Gasteiger partial charge in [0.05, 0.1) is 24.6 Å². The smallest absolute Gasteiger partial charge is 0.263 e. The number of hydrogen-bond donors (Lipinski definition) is 1. The van der Waals surface area contributed by atoms with Crippen molar-refractivity contribution >= 4 is 21.6 Å². The molecular formula is C21H26N2O5S. The number of aryl methyl sites for hydroxylation is 1. The molecule has 1 heterocycles. The maximum absolute atomic E-state index is 12.7. The molecule has 0 bridgehead atoms. The van der Waals surface area contributed by atoms with Gasteiger partial charge in [-0.15, -0.1) is 0 Å². The van der Waals surface area contributed by atoms with Gasteiger partial charge in [0, 0.05) is 6.54 Å². The highest BCUT2D eigenvalue weighted by Gasteiger charge is 2.34. The molecule has 0 fully saturated rings. The van der Waals surface area contributed by atoms with E-state index in [1.165, 1.54) is 4.31 Å². The number of fused-ring (bicyclic) bond motifs is 1. The van der Waals surface area contributed by atoms with Crippen LogP contribution in [-0.2, 0) is 21.4 Å². The molecule has 2 aromatic rings. The first kappa shape index (κ1) is 21.0. The Bertz CT molecular complexity index is 987. The lowest BCUT2D eigenvalue weighted by Crippen LogP contribution is -2.50. The van der Waals surface area contributed by atoms with Gasteiger partial charge in [0.1, 0.15) is 11.5 Å². The molecule has 1 amide bonds. The predicted octanol–water partition coefficient (Wildman–Crippen LogP) is 2.63. The SMILES string of the molecule is Cc1ccc2c(c1)N(S(C)(=O)=O)C[C@H](C(=O)NCc1ccc(OC(C)C)cc1)O2. The zero-order chi connectivity index (χ0) is 21.2. The Morgan fingerprint density at radius 2 is 1.93 bits per heavy atom. The number of carbonyl (C=O) groups excluding carboxylic acids is 1. The minimum atomic E-state index is -3.54. The lowest BCUT2D eigenvalue weighted by Gasteiger charge is -2.34. The number of amides is 1. The van der Waals surface area contributed by atoms with Gasteiger partial charge in [-0.3, -0.25) is 9.10 Å². The molecule has 1 N–H and O–H groups in total. The van der Waals surface area contributed by atoms with Crippen molar-refractivity contribution in [3.05, 3.63) is 53.6 Å². The number of nitrogens with zero attached hydrogens (tertiary/aromatic N) is 1. The monoisotopic (exact) mass is 418 g/mol. The van der Waals surface area contributed by atoms with Crippen LogP contribution in [0.5, 0.6) is 11.5 Å². The van der Waals surface area contributed by atoms with Crippen LogP contribution in [-0.4, -0.2) is 39.3 Å². The number of ether oxygens (including phenoxy) is 2. The van der Waals surface area contributed by atoms with E-state index in [-0.39, 0.29) is 18.6 Å². The second-order valence-electron chi connectivity index (χ2n) is 7.40. The van der Waals surface area contributed by atoms with Crippen molar-refractivity contribution in [2.24, 2.45) is 0 Å². The topological polar surface area (TPSA) is 84.9 Å². The van der Waals surface area contributed by atoms with Crippen LogP contribution in [0, 0.1) is 6.92 Å². The van der Waals surface area contributed by atoms with Crippen LogP contribution in [0.1, 0.15) is 25.0 Å². The Hall–Kier alpha value is -2.74. The summed E-state index contributed by atoms with van der Waals surface area (Å²) < 4.78 is 37.1. The number of nitrogens with one attached hydrogen (secondary N) is 1. The molecule has 0 spiro atoms. The lowest BCUT2D eigenvalue weighted by atomic mass is 10.1. The highest BCUT2D eigenvalue weighted by Crippen LogP contribution is 2.35. The first-order chi connectivity index (χ1) is 13.6. The first-order valence-electron chi connectivity index (χ1n) is 9.42. The van der Waals surface area contributed by atoms with E-state index in [2.05, 4.69) is 5.32 Å². The van der Waals surface area contributed by atoms with Gasteiger partial charge in [-0.25, -0.2) is 8.42 Å². The number of rotatable bonds is 6. The van der Waals surface area contributed by atoms with Crippen molar-refractivity contribution in [3.63, 3.8) is 0 Å². The highest BCUT2D eigenvalue weighted by molar-refractivity contribution is 7.92. The number of benzene rings is 2. The molecule has 1 aliphatic heterocycles. The third-order valence-electron chi connectivity index (χ3n) is 4.44. The van der Waals surface area contributed by atoms with Crippen molar-refractivity contribution in [1.29, 1.82) is 0 Å². The van der Waals surface area contributed by atoms with Crippen LogP contribution in [0.3, 0.4) is 0 Å². The molecule has 156 valence electrons. The van der Waals surface area contributed by atoms with Crippen LogP contribution in [0.2, 0.25) is 0 Å². The first-order valence-corrected chi connectivity index (χ1v) is 11.3.